The standard InChI is InChI=1S/C13H18O2S/c1-11(2)9-15-10-13-12(6-8-16-13)5-3-4-7-14/h6,8,11,14H,4,7,9-10H2,1-2H3. The van der Waals surface area contributed by atoms with Crippen LogP contribution in [0.4, 0.5) is 0 Å². The summed E-state index contributed by atoms with van der Waals surface area (Å²) < 4.78 is 5.58. The fraction of sp³-hybridized carbons (Fsp3) is 0.538. The molecule has 1 aromatic rings. The van der Waals surface area contributed by atoms with E-state index in [1.165, 1.54) is 4.88 Å². The van der Waals surface area contributed by atoms with Crippen LogP contribution in [-0.2, 0) is 11.3 Å². The Kier molecular flexibility index (Phi) is 6.17. The van der Waals surface area contributed by atoms with Gasteiger partial charge in [0, 0.05) is 23.5 Å². The van der Waals surface area contributed by atoms with Crippen LogP contribution in [0.1, 0.15) is 30.7 Å². The molecule has 0 unspecified atom stereocenters. The maximum Gasteiger partial charge on any atom is 0.0822 e. The van der Waals surface area contributed by atoms with Gasteiger partial charge in [0.05, 0.1) is 13.2 Å². The normalized spacial score (nSPS) is 10.2. The Morgan fingerprint density at radius 2 is 2.31 bits per heavy atom. The number of rotatable bonds is 5. The topological polar surface area (TPSA) is 29.5 Å². The van der Waals surface area contributed by atoms with Crippen LogP contribution in [0.2, 0.25) is 0 Å². The van der Waals surface area contributed by atoms with Gasteiger partial charge < -0.3 is 9.84 Å². The minimum atomic E-state index is 0.121. The Labute approximate surface area is 101 Å². The smallest absolute Gasteiger partial charge is 0.0822 e. The lowest BCUT2D eigenvalue weighted by molar-refractivity contribution is 0.0988. The molecule has 0 radical (unpaired) electrons. The molecule has 0 amide bonds. The molecule has 1 heterocycles. The predicted octanol–water partition coefficient (Wildman–Crippen LogP) is 2.65. The summed E-state index contributed by atoms with van der Waals surface area (Å²) in [5.74, 6) is 6.54. The predicted molar refractivity (Wildman–Crippen MR) is 67.4 cm³/mol. The van der Waals surface area contributed by atoms with Gasteiger partial charge in [0.2, 0.25) is 0 Å². The maximum absolute atomic E-state index is 8.64. The highest BCUT2D eigenvalue weighted by molar-refractivity contribution is 7.10. The molecule has 0 aliphatic rings. The largest absolute Gasteiger partial charge is 0.395 e. The van der Waals surface area contributed by atoms with E-state index in [9.17, 15) is 0 Å². The van der Waals surface area contributed by atoms with Crippen LogP contribution in [0.5, 0.6) is 0 Å². The van der Waals surface area contributed by atoms with Crippen LogP contribution < -0.4 is 0 Å². The minimum Gasteiger partial charge on any atom is -0.395 e. The third-order valence-corrected chi connectivity index (χ3v) is 2.78. The van der Waals surface area contributed by atoms with Gasteiger partial charge in [0.15, 0.2) is 0 Å². The van der Waals surface area contributed by atoms with Gasteiger partial charge in [-0.05, 0) is 17.4 Å². The van der Waals surface area contributed by atoms with Gasteiger partial charge in [0.1, 0.15) is 0 Å². The summed E-state index contributed by atoms with van der Waals surface area (Å²) in [5.41, 5.74) is 1.03. The lowest BCUT2D eigenvalue weighted by Gasteiger charge is -2.05. The fourth-order valence-corrected chi connectivity index (χ4v) is 1.93. The Bertz CT molecular complexity index is 357. The molecule has 3 heteroatoms. The number of hydrogen-bond donors (Lipinski definition) is 1. The van der Waals surface area contributed by atoms with Crippen molar-refractivity contribution in [3.63, 3.8) is 0 Å². The lowest BCUT2D eigenvalue weighted by Crippen LogP contribution is -2.01. The summed E-state index contributed by atoms with van der Waals surface area (Å²) in [6.07, 6.45) is 0.530. The molecule has 0 spiro atoms. The van der Waals surface area contributed by atoms with Crippen LogP contribution in [0.3, 0.4) is 0 Å². The van der Waals surface area contributed by atoms with Gasteiger partial charge in [0.25, 0.3) is 0 Å². The lowest BCUT2D eigenvalue weighted by atomic mass is 10.2. The second-order valence-electron chi connectivity index (χ2n) is 3.94. The molecule has 0 aliphatic heterocycles. The molecular weight excluding hydrogens is 220 g/mol. The minimum absolute atomic E-state index is 0.121. The van der Waals surface area contributed by atoms with Crippen molar-refractivity contribution in [3.8, 4) is 11.8 Å². The molecular formula is C13H18O2S. The van der Waals surface area contributed by atoms with Gasteiger partial charge >= 0.3 is 0 Å². The molecule has 0 saturated carbocycles. The Morgan fingerprint density at radius 3 is 3.00 bits per heavy atom. The van der Waals surface area contributed by atoms with Crippen LogP contribution in [0.15, 0.2) is 11.4 Å². The number of ether oxygens (including phenoxy) is 1. The second-order valence-corrected chi connectivity index (χ2v) is 4.94. The number of hydrogen-bond acceptors (Lipinski definition) is 3. The highest BCUT2D eigenvalue weighted by Crippen LogP contribution is 2.17. The van der Waals surface area contributed by atoms with E-state index in [0.717, 1.165) is 12.2 Å². The zero-order chi connectivity index (χ0) is 11.8. The Morgan fingerprint density at radius 1 is 1.50 bits per heavy atom. The van der Waals surface area contributed by atoms with E-state index in [1.807, 2.05) is 11.4 Å². The highest BCUT2D eigenvalue weighted by Gasteiger charge is 2.02. The molecule has 16 heavy (non-hydrogen) atoms. The monoisotopic (exact) mass is 238 g/mol. The molecule has 0 aromatic carbocycles. The first-order chi connectivity index (χ1) is 7.74. The van der Waals surface area contributed by atoms with Crippen LogP contribution >= 0.6 is 11.3 Å². The van der Waals surface area contributed by atoms with Crippen molar-refractivity contribution >= 4 is 11.3 Å². The van der Waals surface area contributed by atoms with Gasteiger partial charge in [-0.3, -0.25) is 0 Å². The Hall–Kier alpha value is -0.820. The quantitative estimate of drug-likeness (QED) is 0.799. The van der Waals surface area contributed by atoms with Crippen molar-refractivity contribution in [1.29, 1.82) is 0 Å². The summed E-state index contributed by atoms with van der Waals surface area (Å²) in [7, 11) is 0. The highest BCUT2D eigenvalue weighted by atomic mass is 32.1. The number of thiophene rings is 1. The summed E-state index contributed by atoms with van der Waals surface area (Å²) in [6, 6.07) is 2.00. The van der Waals surface area contributed by atoms with Gasteiger partial charge in [-0.2, -0.15) is 0 Å². The van der Waals surface area contributed by atoms with E-state index in [-0.39, 0.29) is 6.61 Å². The molecule has 0 aliphatic carbocycles. The van der Waals surface area contributed by atoms with E-state index in [2.05, 4.69) is 25.7 Å². The maximum atomic E-state index is 8.64. The molecule has 0 saturated heterocycles. The first-order valence-electron chi connectivity index (χ1n) is 5.48. The summed E-state index contributed by atoms with van der Waals surface area (Å²) in [6.45, 7) is 5.81. The van der Waals surface area contributed by atoms with E-state index in [0.29, 0.717) is 18.9 Å². The van der Waals surface area contributed by atoms with Gasteiger partial charge in [-0.25, -0.2) is 0 Å². The van der Waals surface area contributed by atoms with Crippen LogP contribution in [0.25, 0.3) is 0 Å². The SMILES string of the molecule is CC(C)COCc1sccc1C#CCCO. The fourth-order valence-electron chi connectivity index (χ4n) is 1.16. The van der Waals surface area contributed by atoms with E-state index in [4.69, 9.17) is 9.84 Å². The van der Waals surface area contributed by atoms with Gasteiger partial charge in [-0.15, -0.1) is 11.3 Å². The summed E-state index contributed by atoms with van der Waals surface area (Å²) in [4.78, 5) is 1.17. The molecule has 0 bridgehead atoms. The molecule has 1 aromatic heterocycles. The van der Waals surface area contributed by atoms with Crippen molar-refractivity contribution in [2.45, 2.75) is 26.9 Å². The van der Waals surface area contributed by atoms with Crippen molar-refractivity contribution in [3.05, 3.63) is 21.9 Å². The van der Waals surface area contributed by atoms with Crippen molar-refractivity contribution in [1.82, 2.24) is 0 Å². The Balaban J connectivity index is 2.48. The van der Waals surface area contributed by atoms with Crippen molar-refractivity contribution in [2.24, 2.45) is 5.92 Å². The molecule has 0 atom stereocenters. The first-order valence-corrected chi connectivity index (χ1v) is 6.36. The van der Waals surface area contributed by atoms with Crippen LogP contribution in [-0.4, -0.2) is 18.3 Å². The molecule has 88 valence electrons. The van der Waals surface area contributed by atoms with E-state index < -0.39 is 0 Å². The third-order valence-electron chi connectivity index (χ3n) is 1.89. The number of aliphatic hydroxyl groups excluding tert-OH is 1. The second kappa shape index (κ2) is 7.45. The molecule has 1 rings (SSSR count). The van der Waals surface area contributed by atoms with E-state index in [1.54, 1.807) is 11.3 Å². The zero-order valence-corrected chi connectivity index (χ0v) is 10.6. The third kappa shape index (κ3) is 4.80. The average molecular weight is 238 g/mol. The van der Waals surface area contributed by atoms with Gasteiger partial charge in [-0.1, -0.05) is 25.7 Å². The van der Waals surface area contributed by atoms with Crippen LogP contribution in [0, 0.1) is 17.8 Å². The summed E-state index contributed by atoms with van der Waals surface area (Å²) >= 11 is 1.67. The zero-order valence-electron chi connectivity index (χ0n) is 9.82. The average Bonchev–Trinajstić information content (AvgIpc) is 2.66. The molecule has 0 fully saturated rings. The first kappa shape index (κ1) is 13.2. The van der Waals surface area contributed by atoms with E-state index >= 15 is 0 Å². The molecule has 1 N–H and O–H groups in total. The summed E-state index contributed by atoms with van der Waals surface area (Å²) in [5, 5.41) is 10.7. The van der Waals surface area contributed by atoms with Crippen molar-refractivity contribution in [2.75, 3.05) is 13.2 Å². The molecule has 2 nitrogen and oxygen atoms in total. The number of aliphatic hydroxyl groups is 1. The van der Waals surface area contributed by atoms with Crippen molar-refractivity contribution < 1.29 is 9.84 Å².